The van der Waals surface area contributed by atoms with E-state index in [0.29, 0.717) is 21.4 Å². The monoisotopic (exact) mass is 483 g/mol. The minimum absolute atomic E-state index is 0.222. The number of thiocarbonyl (C=S) groups is 1. The van der Waals surface area contributed by atoms with Crippen LogP contribution < -0.4 is 4.74 Å². The summed E-state index contributed by atoms with van der Waals surface area (Å²) in [5.41, 5.74) is 1.52. The van der Waals surface area contributed by atoms with Crippen molar-refractivity contribution in [1.29, 1.82) is 0 Å². The van der Waals surface area contributed by atoms with Crippen LogP contribution in [0.15, 0.2) is 59.5 Å². The van der Waals surface area contributed by atoms with E-state index in [-0.39, 0.29) is 12.5 Å². The van der Waals surface area contributed by atoms with E-state index in [2.05, 4.69) is 6.92 Å². The Hall–Kier alpha value is -2.64. The van der Waals surface area contributed by atoms with Crippen LogP contribution in [0, 0.1) is 0 Å². The molecule has 0 aliphatic carbocycles. The minimum Gasteiger partial charge on any atom is -0.494 e. The maximum Gasteiger partial charge on any atom is 0.333 e. The molecule has 1 saturated heterocycles. The average molecular weight is 484 g/mol. The fraction of sp³-hybridized carbons (Fsp3) is 0.346. The van der Waals surface area contributed by atoms with E-state index < -0.39 is 12.0 Å². The summed E-state index contributed by atoms with van der Waals surface area (Å²) in [7, 11) is 0. The second-order valence-electron chi connectivity index (χ2n) is 7.60. The zero-order chi connectivity index (χ0) is 23.6. The molecule has 1 atom stereocenters. The molecule has 33 heavy (non-hydrogen) atoms. The first-order valence-electron chi connectivity index (χ1n) is 11.3. The van der Waals surface area contributed by atoms with Crippen LogP contribution in [-0.4, -0.2) is 34.3 Å². The zero-order valence-corrected chi connectivity index (χ0v) is 20.6. The van der Waals surface area contributed by atoms with Crippen LogP contribution in [0.3, 0.4) is 0 Å². The molecule has 0 spiro atoms. The lowest BCUT2D eigenvalue weighted by Gasteiger charge is -2.25. The van der Waals surface area contributed by atoms with Crippen LogP contribution in [-0.2, 0) is 14.3 Å². The lowest BCUT2D eigenvalue weighted by Crippen LogP contribution is -2.38. The van der Waals surface area contributed by atoms with Gasteiger partial charge in [0.1, 0.15) is 10.1 Å². The molecule has 0 radical (unpaired) electrons. The first-order chi connectivity index (χ1) is 16.0. The van der Waals surface area contributed by atoms with E-state index in [0.717, 1.165) is 17.7 Å². The van der Waals surface area contributed by atoms with Gasteiger partial charge in [-0.25, -0.2) is 4.79 Å². The van der Waals surface area contributed by atoms with Gasteiger partial charge in [0.15, 0.2) is 6.04 Å². The standard InChI is InChI=1S/C26H29NO4S2/c1-3-5-6-10-17-31-21-15-13-19(14-16-21)18-22-24(28)27(26(32)33-22)23(25(29)30-4-2)20-11-8-7-9-12-20/h7-9,11-16,18,23H,3-6,10,17H2,1-2H3/b22-18-. The number of thioether (sulfide) groups is 1. The Morgan fingerprint density at radius 3 is 2.45 bits per heavy atom. The van der Waals surface area contributed by atoms with Gasteiger partial charge >= 0.3 is 5.97 Å². The smallest absolute Gasteiger partial charge is 0.333 e. The Bertz CT molecular complexity index is 989. The van der Waals surface area contributed by atoms with Crippen molar-refractivity contribution >= 4 is 46.3 Å². The van der Waals surface area contributed by atoms with E-state index in [1.54, 1.807) is 25.1 Å². The first kappa shape index (κ1) is 25.0. The second-order valence-corrected chi connectivity index (χ2v) is 9.27. The van der Waals surface area contributed by atoms with Crippen LogP contribution >= 0.6 is 24.0 Å². The first-order valence-corrected chi connectivity index (χ1v) is 12.5. The maximum atomic E-state index is 13.3. The SMILES string of the molecule is CCCCCCOc1ccc(/C=C2\SC(=S)N(C(C(=O)OCC)c3ccccc3)C2=O)cc1. The third kappa shape index (κ3) is 6.68. The fourth-order valence-electron chi connectivity index (χ4n) is 3.48. The van der Waals surface area contributed by atoms with Crippen molar-refractivity contribution < 1.29 is 19.1 Å². The Kier molecular flexibility index (Phi) is 9.51. The van der Waals surface area contributed by atoms with E-state index in [1.807, 2.05) is 42.5 Å². The van der Waals surface area contributed by atoms with Gasteiger partial charge in [-0.3, -0.25) is 9.69 Å². The van der Waals surface area contributed by atoms with E-state index in [4.69, 9.17) is 21.7 Å². The maximum absolute atomic E-state index is 13.3. The molecular formula is C26H29NO4S2. The number of unbranched alkanes of at least 4 members (excludes halogenated alkanes) is 3. The third-order valence-electron chi connectivity index (χ3n) is 5.15. The van der Waals surface area contributed by atoms with Crippen molar-refractivity contribution in [2.75, 3.05) is 13.2 Å². The largest absolute Gasteiger partial charge is 0.494 e. The number of amides is 1. The molecular weight excluding hydrogens is 454 g/mol. The number of rotatable bonds is 11. The van der Waals surface area contributed by atoms with E-state index in [9.17, 15) is 9.59 Å². The normalized spacial score (nSPS) is 15.7. The van der Waals surface area contributed by atoms with Crippen molar-refractivity contribution in [2.45, 2.75) is 45.6 Å². The summed E-state index contributed by atoms with van der Waals surface area (Å²) < 4.78 is 11.4. The van der Waals surface area contributed by atoms with E-state index >= 15 is 0 Å². The second kappa shape index (κ2) is 12.6. The number of nitrogens with zero attached hydrogens (tertiary/aromatic N) is 1. The molecule has 7 heteroatoms. The van der Waals surface area contributed by atoms with Gasteiger partial charge in [0.25, 0.3) is 5.91 Å². The van der Waals surface area contributed by atoms with Crippen molar-refractivity contribution in [3.63, 3.8) is 0 Å². The molecule has 1 amide bonds. The topological polar surface area (TPSA) is 55.8 Å². The van der Waals surface area contributed by atoms with Gasteiger partial charge in [-0.15, -0.1) is 0 Å². The summed E-state index contributed by atoms with van der Waals surface area (Å²) in [6, 6.07) is 15.8. The Labute approximate surface area is 205 Å². The number of carbonyl (C=O) groups excluding carboxylic acids is 2. The number of carbonyl (C=O) groups is 2. The summed E-state index contributed by atoms with van der Waals surface area (Å²) in [5, 5.41) is 0. The molecule has 1 aliphatic heterocycles. The fourth-order valence-corrected chi connectivity index (χ4v) is 4.79. The highest BCUT2D eigenvalue weighted by atomic mass is 32.2. The van der Waals surface area contributed by atoms with Crippen LogP contribution in [0.4, 0.5) is 0 Å². The molecule has 174 valence electrons. The Morgan fingerprint density at radius 2 is 1.79 bits per heavy atom. The van der Waals surface area contributed by atoms with Gasteiger partial charge in [-0.1, -0.05) is 92.6 Å². The molecule has 2 aromatic carbocycles. The molecule has 0 aromatic heterocycles. The molecule has 5 nitrogen and oxygen atoms in total. The molecule has 0 saturated carbocycles. The molecule has 3 rings (SSSR count). The van der Waals surface area contributed by atoms with Crippen LogP contribution in [0.2, 0.25) is 0 Å². The molecule has 1 unspecified atom stereocenters. The van der Waals surface area contributed by atoms with Crippen molar-refractivity contribution in [3.8, 4) is 5.75 Å². The third-order valence-corrected chi connectivity index (χ3v) is 6.48. The van der Waals surface area contributed by atoms with Gasteiger partial charge in [-0.2, -0.15) is 0 Å². The predicted molar refractivity (Wildman–Crippen MR) is 137 cm³/mol. The van der Waals surface area contributed by atoms with E-state index in [1.165, 1.54) is 35.9 Å². The van der Waals surface area contributed by atoms with Crippen LogP contribution in [0.5, 0.6) is 5.75 Å². The van der Waals surface area contributed by atoms with Gasteiger partial charge in [0.2, 0.25) is 0 Å². The minimum atomic E-state index is -0.909. The van der Waals surface area contributed by atoms with Gasteiger partial charge < -0.3 is 9.47 Å². The average Bonchev–Trinajstić information content (AvgIpc) is 3.09. The van der Waals surface area contributed by atoms with Crippen LogP contribution in [0.1, 0.15) is 56.7 Å². The van der Waals surface area contributed by atoms with Crippen molar-refractivity contribution in [3.05, 3.63) is 70.6 Å². The van der Waals surface area contributed by atoms with Crippen LogP contribution in [0.25, 0.3) is 6.08 Å². The predicted octanol–water partition coefficient (Wildman–Crippen LogP) is 6.15. The highest BCUT2D eigenvalue weighted by Crippen LogP contribution is 2.38. The van der Waals surface area contributed by atoms with Crippen molar-refractivity contribution in [2.24, 2.45) is 0 Å². The summed E-state index contributed by atoms with van der Waals surface area (Å²) >= 11 is 6.68. The number of hydrogen-bond donors (Lipinski definition) is 0. The molecule has 1 heterocycles. The van der Waals surface area contributed by atoms with Crippen molar-refractivity contribution in [1.82, 2.24) is 4.90 Å². The lowest BCUT2D eigenvalue weighted by molar-refractivity contribution is -0.151. The summed E-state index contributed by atoms with van der Waals surface area (Å²) in [4.78, 5) is 27.8. The number of hydrogen-bond acceptors (Lipinski definition) is 6. The molecule has 0 bridgehead atoms. The molecule has 2 aromatic rings. The number of benzene rings is 2. The number of ether oxygens (including phenoxy) is 2. The van der Waals surface area contributed by atoms with Gasteiger partial charge in [-0.05, 0) is 42.7 Å². The highest BCUT2D eigenvalue weighted by molar-refractivity contribution is 8.26. The summed E-state index contributed by atoms with van der Waals surface area (Å²) in [6.07, 6.45) is 6.43. The Morgan fingerprint density at radius 1 is 1.06 bits per heavy atom. The lowest BCUT2D eigenvalue weighted by atomic mass is 10.1. The highest BCUT2D eigenvalue weighted by Gasteiger charge is 2.42. The summed E-state index contributed by atoms with van der Waals surface area (Å²) in [6.45, 7) is 4.85. The number of esters is 1. The Balaban J connectivity index is 1.73. The van der Waals surface area contributed by atoms with Gasteiger partial charge in [0, 0.05) is 0 Å². The quantitative estimate of drug-likeness (QED) is 0.165. The molecule has 1 aliphatic rings. The molecule has 0 N–H and O–H groups in total. The van der Waals surface area contributed by atoms with Gasteiger partial charge in [0.05, 0.1) is 18.1 Å². The zero-order valence-electron chi connectivity index (χ0n) is 19.0. The molecule has 1 fully saturated rings. The summed E-state index contributed by atoms with van der Waals surface area (Å²) in [5.74, 6) is 0.00694.